The molecule has 0 spiro atoms. The SMILES string of the molecule is CC(O)C1CCN(CC(=O)c2ccccc2Br)CC1. The summed E-state index contributed by atoms with van der Waals surface area (Å²) in [6, 6.07) is 7.55. The van der Waals surface area contributed by atoms with Gasteiger partial charge in [-0.05, 0) is 44.8 Å². The van der Waals surface area contributed by atoms with Gasteiger partial charge in [0.2, 0.25) is 0 Å². The molecule has 0 aromatic heterocycles. The molecule has 1 unspecified atom stereocenters. The molecule has 1 N–H and O–H groups in total. The molecule has 0 aliphatic carbocycles. The zero-order valence-corrected chi connectivity index (χ0v) is 12.8. The highest BCUT2D eigenvalue weighted by Gasteiger charge is 2.24. The maximum absolute atomic E-state index is 12.2. The summed E-state index contributed by atoms with van der Waals surface area (Å²) in [4.78, 5) is 14.4. The lowest BCUT2D eigenvalue weighted by molar-refractivity contribution is 0.0664. The molecule has 19 heavy (non-hydrogen) atoms. The number of aliphatic hydroxyl groups excluding tert-OH is 1. The number of carbonyl (C=O) groups is 1. The van der Waals surface area contributed by atoms with E-state index in [4.69, 9.17) is 0 Å². The van der Waals surface area contributed by atoms with Gasteiger partial charge < -0.3 is 5.11 Å². The highest BCUT2D eigenvalue weighted by molar-refractivity contribution is 9.10. The van der Waals surface area contributed by atoms with Crippen LogP contribution in [0.3, 0.4) is 0 Å². The second-order valence-electron chi connectivity index (χ2n) is 5.26. The van der Waals surface area contributed by atoms with Gasteiger partial charge in [0.05, 0.1) is 12.6 Å². The molecular weight excluding hydrogens is 306 g/mol. The molecule has 0 saturated carbocycles. The van der Waals surface area contributed by atoms with E-state index in [2.05, 4.69) is 20.8 Å². The standard InChI is InChI=1S/C15H20BrNO2/c1-11(18)12-6-8-17(9-7-12)10-15(19)13-4-2-3-5-14(13)16/h2-5,11-12,18H,6-10H2,1H3. The molecule has 0 bridgehead atoms. The molecule has 1 atom stereocenters. The van der Waals surface area contributed by atoms with Crippen molar-refractivity contribution >= 4 is 21.7 Å². The lowest BCUT2D eigenvalue weighted by Crippen LogP contribution is -2.39. The number of Topliss-reactive ketones (excluding diaryl/α,β-unsaturated/α-hetero) is 1. The van der Waals surface area contributed by atoms with Gasteiger partial charge >= 0.3 is 0 Å². The van der Waals surface area contributed by atoms with Gasteiger partial charge in [0, 0.05) is 10.0 Å². The van der Waals surface area contributed by atoms with E-state index in [1.807, 2.05) is 31.2 Å². The van der Waals surface area contributed by atoms with Crippen LogP contribution in [0.25, 0.3) is 0 Å². The first-order valence-electron chi connectivity index (χ1n) is 6.76. The third-order valence-electron chi connectivity index (χ3n) is 3.86. The first-order chi connectivity index (χ1) is 9.08. The number of piperidine rings is 1. The Kier molecular flexibility index (Phi) is 5.13. The van der Waals surface area contributed by atoms with E-state index in [9.17, 15) is 9.90 Å². The Morgan fingerprint density at radius 1 is 1.42 bits per heavy atom. The van der Waals surface area contributed by atoms with E-state index in [0.29, 0.717) is 12.5 Å². The first-order valence-corrected chi connectivity index (χ1v) is 7.55. The molecule has 0 radical (unpaired) electrons. The zero-order valence-electron chi connectivity index (χ0n) is 11.2. The molecule has 1 aliphatic rings. The molecule has 4 heteroatoms. The number of hydrogen-bond donors (Lipinski definition) is 1. The minimum absolute atomic E-state index is 0.156. The van der Waals surface area contributed by atoms with Gasteiger partial charge in [0.15, 0.2) is 5.78 Å². The van der Waals surface area contributed by atoms with Crippen LogP contribution in [0.15, 0.2) is 28.7 Å². The van der Waals surface area contributed by atoms with Gasteiger partial charge in [-0.2, -0.15) is 0 Å². The molecule has 0 amide bonds. The van der Waals surface area contributed by atoms with Crippen molar-refractivity contribution in [2.75, 3.05) is 19.6 Å². The van der Waals surface area contributed by atoms with Crippen molar-refractivity contribution in [3.63, 3.8) is 0 Å². The number of carbonyl (C=O) groups excluding carboxylic acids is 1. The van der Waals surface area contributed by atoms with E-state index in [1.54, 1.807) is 0 Å². The number of likely N-dealkylation sites (tertiary alicyclic amines) is 1. The first kappa shape index (κ1) is 14.7. The Hall–Kier alpha value is -0.710. The van der Waals surface area contributed by atoms with Crippen LogP contribution in [0.2, 0.25) is 0 Å². The summed E-state index contributed by atoms with van der Waals surface area (Å²) in [6.07, 6.45) is 1.71. The summed E-state index contributed by atoms with van der Waals surface area (Å²) in [5.41, 5.74) is 0.750. The number of rotatable bonds is 4. The number of ketones is 1. The second kappa shape index (κ2) is 6.64. The van der Waals surface area contributed by atoms with Crippen LogP contribution >= 0.6 is 15.9 Å². The van der Waals surface area contributed by atoms with Crippen molar-refractivity contribution in [2.24, 2.45) is 5.92 Å². The summed E-state index contributed by atoms with van der Waals surface area (Å²) in [5, 5.41) is 9.57. The second-order valence-corrected chi connectivity index (χ2v) is 6.11. The maximum atomic E-state index is 12.2. The zero-order chi connectivity index (χ0) is 13.8. The summed E-state index contributed by atoms with van der Waals surface area (Å²) in [6.45, 7) is 4.11. The van der Waals surface area contributed by atoms with Gasteiger partial charge in [-0.1, -0.05) is 34.1 Å². The average Bonchev–Trinajstić information content (AvgIpc) is 2.39. The van der Waals surface area contributed by atoms with Gasteiger partial charge in [-0.25, -0.2) is 0 Å². The van der Waals surface area contributed by atoms with E-state index < -0.39 is 0 Å². The van der Waals surface area contributed by atoms with Gasteiger partial charge in [-0.3, -0.25) is 9.69 Å². The molecular formula is C15H20BrNO2. The predicted molar refractivity (Wildman–Crippen MR) is 79.3 cm³/mol. The molecule has 1 heterocycles. The van der Waals surface area contributed by atoms with Crippen molar-refractivity contribution in [3.05, 3.63) is 34.3 Å². The van der Waals surface area contributed by atoms with Crippen molar-refractivity contribution in [2.45, 2.75) is 25.9 Å². The molecule has 1 aromatic rings. The topological polar surface area (TPSA) is 40.5 Å². The van der Waals surface area contributed by atoms with E-state index in [0.717, 1.165) is 36.0 Å². The van der Waals surface area contributed by atoms with Crippen molar-refractivity contribution in [1.82, 2.24) is 4.90 Å². The third-order valence-corrected chi connectivity index (χ3v) is 4.55. The Bertz CT molecular complexity index is 440. The number of aliphatic hydroxyl groups is 1. The van der Waals surface area contributed by atoms with Gasteiger partial charge in [-0.15, -0.1) is 0 Å². The fourth-order valence-electron chi connectivity index (χ4n) is 2.57. The van der Waals surface area contributed by atoms with Crippen molar-refractivity contribution in [1.29, 1.82) is 0 Å². The number of nitrogens with zero attached hydrogens (tertiary/aromatic N) is 1. The molecule has 104 valence electrons. The Morgan fingerprint density at radius 2 is 2.05 bits per heavy atom. The maximum Gasteiger partial charge on any atom is 0.177 e. The summed E-state index contributed by atoms with van der Waals surface area (Å²) in [7, 11) is 0. The Balaban J connectivity index is 1.89. The molecule has 1 aromatic carbocycles. The Morgan fingerprint density at radius 3 is 2.63 bits per heavy atom. The van der Waals surface area contributed by atoms with E-state index in [-0.39, 0.29) is 11.9 Å². The number of hydrogen-bond acceptors (Lipinski definition) is 3. The summed E-state index contributed by atoms with van der Waals surface area (Å²) < 4.78 is 0.860. The van der Waals surface area contributed by atoms with Crippen LogP contribution in [-0.4, -0.2) is 41.5 Å². The van der Waals surface area contributed by atoms with Crippen molar-refractivity contribution in [3.8, 4) is 0 Å². The Labute approximate surface area is 122 Å². The van der Waals surface area contributed by atoms with E-state index in [1.165, 1.54) is 0 Å². The fraction of sp³-hybridized carbons (Fsp3) is 0.533. The highest BCUT2D eigenvalue weighted by atomic mass is 79.9. The van der Waals surface area contributed by atoms with Crippen LogP contribution in [0.5, 0.6) is 0 Å². The third kappa shape index (κ3) is 3.88. The largest absolute Gasteiger partial charge is 0.393 e. The minimum Gasteiger partial charge on any atom is -0.393 e. The van der Waals surface area contributed by atoms with Gasteiger partial charge in [0.25, 0.3) is 0 Å². The van der Waals surface area contributed by atoms with E-state index >= 15 is 0 Å². The predicted octanol–water partition coefficient (Wildman–Crippen LogP) is 2.72. The van der Waals surface area contributed by atoms with Crippen LogP contribution < -0.4 is 0 Å². The summed E-state index contributed by atoms with van der Waals surface area (Å²) in [5.74, 6) is 0.540. The van der Waals surface area contributed by atoms with Crippen LogP contribution in [0.1, 0.15) is 30.1 Å². The lowest BCUT2D eigenvalue weighted by atomic mass is 9.92. The average molecular weight is 326 g/mol. The monoisotopic (exact) mass is 325 g/mol. The quantitative estimate of drug-likeness (QED) is 0.865. The van der Waals surface area contributed by atoms with Crippen LogP contribution in [0.4, 0.5) is 0 Å². The molecule has 2 rings (SSSR count). The molecule has 1 fully saturated rings. The normalized spacial score (nSPS) is 19.3. The molecule has 1 aliphatic heterocycles. The summed E-state index contributed by atoms with van der Waals surface area (Å²) >= 11 is 3.42. The number of benzene rings is 1. The fourth-order valence-corrected chi connectivity index (χ4v) is 3.07. The van der Waals surface area contributed by atoms with Crippen LogP contribution in [0, 0.1) is 5.92 Å². The molecule has 3 nitrogen and oxygen atoms in total. The lowest BCUT2D eigenvalue weighted by Gasteiger charge is -2.32. The van der Waals surface area contributed by atoms with Crippen LogP contribution in [-0.2, 0) is 0 Å². The smallest absolute Gasteiger partial charge is 0.177 e. The highest BCUT2D eigenvalue weighted by Crippen LogP contribution is 2.22. The number of halogens is 1. The minimum atomic E-state index is -0.235. The molecule has 1 saturated heterocycles. The van der Waals surface area contributed by atoms with Crippen molar-refractivity contribution < 1.29 is 9.90 Å². The van der Waals surface area contributed by atoms with Gasteiger partial charge in [0.1, 0.15) is 0 Å².